The highest BCUT2D eigenvalue weighted by atomic mass is 35.5. The van der Waals surface area contributed by atoms with Crippen molar-refractivity contribution in [1.82, 2.24) is 10.2 Å². The number of rotatable bonds is 7. The zero-order valence-electron chi connectivity index (χ0n) is 16.8. The third-order valence-corrected chi connectivity index (χ3v) is 5.64. The van der Waals surface area contributed by atoms with E-state index >= 15 is 0 Å². The van der Waals surface area contributed by atoms with Crippen molar-refractivity contribution in [3.8, 4) is 0 Å². The van der Waals surface area contributed by atoms with E-state index in [1.807, 2.05) is 11.0 Å². The number of carbonyl (C=O) groups excluding carboxylic acids is 1. The smallest absolute Gasteiger partial charge is 0.222 e. The second-order valence-electron chi connectivity index (χ2n) is 7.55. The van der Waals surface area contributed by atoms with Gasteiger partial charge in [-0.3, -0.25) is 4.79 Å². The van der Waals surface area contributed by atoms with Gasteiger partial charge in [0, 0.05) is 44.8 Å². The van der Waals surface area contributed by atoms with E-state index in [-0.39, 0.29) is 24.4 Å². The largest absolute Gasteiger partial charge is 0.378 e. The molecule has 1 amide bonds. The van der Waals surface area contributed by atoms with Crippen molar-refractivity contribution in [1.29, 1.82) is 0 Å². The Labute approximate surface area is 179 Å². The molecule has 2 aromatic carbocycles. The van der Waals surface area contributed by atoms with Crippen LogP contribution in [-0.4, -0.2) is 50.2 Å². The van der Waals surface area contributed by atoms with Crippen molar-refractivity contribution >= 4 is 24.0 Å². The van der Waals surface area contributed by atoms with Crippen molar-refractivity contribution in [3.63, 3.8) is 0 Å². The van der Waals surface area contributed by atoms with E-state index in [1.54, 1.807) is 0 Å². The van der Waals surface area contributed by atoms with Gasteiger partial charge in [0.05, 0.1) is 19.3 Å². The summed E-state index contributed by atoms with van der Waals surface area (Å²) in [5.41, 5.74) is 3.74. The summed E-state index contributed by atoms with van der Waals surface area (Å²) in [6.07, 6.45) is 1.66. The standard InChI is InChI=1S/C23H29N3O2.ClH/c27-23-7-4-12-26(23)18-22(20-5-2-1-3-6-20)24-17-19-8-10-21(11-9-19)25-13-15-28-16-14-25;/h1-3,5-6,8-11,22,24H,4,7,12-18H2;1H. The van der Waals surface area contributed by atoms with Gasteiger partial charge < -0.3 is 19.9 Å². The lowest BCUT2D eigenvalue weighted by atomic mass is 10.1. The molecule has 2 saturated heterocycles. The molecule has 2 aliphatic rings. The number of benzene rings is 2. The fourth-order valence-corrected chi connectivity index (χ4v) is 3.98. The molecule has 2 fully saturated rings. The first-order valence-electron chi connectivity index (χ1n) is 10.3. The molecule has 2 heterocycles. The van der Waals surface area contributed by atoms with Gasteiger partial charge in [-0.25, -0.2) is 0 Å². The zero-order chi connectivity index (χ0) is 19.2. The predicted molar refractivity (Wildman–Crippen MR) is 119 cm³/mol. The SMILES string of the molecule is Cl.O=C1CCCN1CC(NCc1ccc(N2CCOCC2)cc1)c1ccccc1. The Morgan fingerprint density at radius 2 is 1.69 bits per heavy atom. The first-order valence-corrected chi connectivity index (χ1v) is 10.3. The van der Waals surface area contributed by atoms with Crippen molar-refractivity contribution in [2.24, 2.45) is 0 Å². The van der Waals surface area contributed by atoms with Gasteiger partial charge in [-0.2, -0.15) is 0 Å². The van der Waals surface area contributed by atoms with Crippen molar-refractivity contribution in [2.75, 3.05) is 44.3 Å². The summed E-state index contributed by atoms with van der Waals surface area (Å²) in [5.74, 6) is 0.276. The Morgan fingerprint density at radius 1 is 0.966 bits per heavy atom. The van der Waals surface area contributed by atoms with Gasteiger partial charge in [-0.05, 0) is 29.7 Å². The summed E-state index contributed by atoms with van der Waals surface area (Å²) in [6.45, 7) is 5.90. The fourth-order valence-electron chi connectivity index (χ4n) is 3.98. The monoisotopic (exact) mass is 415 g/mol. The summed E-state index contributed by atoms with van der Waals surface area (Å²) in [4.78, 5) is 16.4. The van der Waals surface area contributed by atoms with Gasteiger partial charge in [-0.1, -0.05) is 42.5 Å². The number of anilines is 1. The van der Waals surface area contributed by atoms with E-state index in [0.717, 1.165) is 52.4 Å². The average Bonchev–Trinajstić information content (AvgIpc) is 3.17. The number of nitrogens with one attached hydrogen (secondary N) is 1. The van der Waals surface area contributed by atoms with Crippen molar-refractivity contribution in [3.05, 3.63) is 65.7 Å². The number of morpholine rings is 1. The van der Waals surface area contributed by atoms with E-state index in [2.05, 4.69) is 58.7 Å². The van der Waals surface area contributed by atoms with E-state index in [1.165, 1.54) is 16.8 Å². The minimum atomic E-state index is 0. The fraction of sp³-hybridized carbons (Fsp3) is 0.435. The number of hydrogen-bond donors (Lipinski definition) is 1. The first-order chi connectivity index (χ1) is 13.8. The minimum absolute atomic E-state index is 0. The Kier molecular flexibility index (Phi) is 7.92. The van der Waals surface area contributed by atoms with Crippen LogP contribution in [0.2, 0.25) is 0 Å². The maximum atomic E-state index is 12.1. The molecule has 0 aromatic heterocycles. The number of amides is 1. The first kappa shape index (κ1) is 21.6. The van der Waals surface area contributed by atoms with Crippen LogP contribution in [0, 0.1) is 0 Å². The topological polar surface area (TPSA) is 44.8 Å². The summed E-state index contributed by atoms with van der Waals surface area (Å²) in [5, 5.41) is 3.67. The molecule has 6 heteroatoms. The van der Waals surface area contributed by atoms with Crippen LogP contribution in [0.5, 0.6) is 0 Å². The summed E-state index contributed by atoms with van der Waals surface area (Å²) >= 11 is 0. The third kappa shape index (κ3) is 5.72. The highest BCUT2D eigenvalue weighted by Crippen LogP contribution is 2.20. The lowest BCUT2D eigenvalue weighted by molar-refractivity contribution is -0.128. The molecule has 1 atom stereocenters. The van der Waals surface area contributed by atoms with Gasteiger partial charge in [0.15, 0.2) is 0 Å². The molecule has 29 heavy (non-hydrogen) atoms. The second-order valence-corrected chi connectivity index (χ2v) is 7.55. The molecule has 0 spiro atoms. The van der Waals surface area contributed by atoms with Gasteiger partial charge in [0.25, 0.3) is 0 Å². The van der Waals surface area contributed by atoms with E-state index in [4.69, 9.17) is 4.74 Å². The Bertz CT molecular complexity index is 763. The summed E-state index contributed by atoms with van der Waals surface area (Å²) in [6, 6.07) is 19.4. The minimum Gasteiger partial charge on any atom is -0.378 e. The number of nitrogens with zero attached hydrogens (tertiary/aromatic N) is 2. The number of likely N-dealkylation sites (tertiary alicyclic amines) is 1. The second kappa shape index (κ2) is 10.6. The van der Waals surface area contributed by atoms with Crippen LogP contribution in [0.4, 0.5) is 5.69 Å². The molecular weight excluding hydrogens is 386 g/mol. The van der Waals surface area contributed by atoms with Gasteiger partial charge in [-0.15, -0.1) is 12.4 Å². The van der Waals surface area contributed by atoms with Crippen LogP contribution >= 0.6 is 12.4 Å². The zero-order valence-corrected chi connectivity index (χ0v) is 17.6. The predicted octanol–water partition coefficient (Wildman–Crippen LogP) is 3.40. The van der Waals surface area contributed by atoms with E-state index in [9.17, 15) is 4.79 Å². The maximum Gasteiger partial charge on any atom is 0.222 e. The number of hydrogen-bond acceptors (Lipinski definition) is 4. The van der Waals surface area contributed by atoms with Crippen LogP contribution in [-0.2, 0) is 16.1 Å². The number of ether oxygens (including phenoxy) is 1. The third-order valence-electron chi connectivity index (χ3n) is 5.64. The summed E-state index contributed by atoms with van der Waals surface area (Å²) < 4.78 is 5.43. The van der Waals surface area contributed by atoms with Crippen LogP contribution < -0.4 is 10.2 Å². The number of carbonyl (C=O) groups is 1. The molecule has 0 saturated carbocycles. The highest BCUT2D eigenvalue weighted by Gasteiger charge is 2.24. The van der Waals surface area contributed by atoms with Gasteiger partial charge in [0.1, 0.15) is 0 Å². The molecule has 2 aliphatic heterocycles. The summed E-state index contributed by atoms with van der Waals surface area (Å²) in [7, 11) is 0. The van der Waals surface area contributed by atoms with Gasteiger partial charge in [0.2, 0.25) is 5.91 Å². The number of halogens is 1. The Morgan fingerprint density at radius 3 is 2.34 bits per heavy atom. The molecule has 156 valence electrons. The normalized spacial score (nSPS) is 17.9. The molecule has 1 unspecified atom stereocenters. The Balaban J connectivity index is 0.00000240. The van der Waals surface area contributed by atoms with Crippen LogP contribution in [0.25, 0.3) is 0 Å². The quantitative estimate of drug-likeness (QED) is 0.752. The Hall–Kier alpha value is -2.08. The van der Waals surface area contributed by atoms with Crippen molar-refractivity contribution in [2.45, 2.75) is 25.4 Å². The molecule has 1 N–H and O–H groups in total. The molecular formula is C23H30ClN3O2. The molecule has 0 aliphatic carbocycles. The highest BCUT2D eigenvalue weighted by molar-refractivity contribution is 5.85. The lowest BCUT2D eigenvalue weighted by Crippen LogP contribution is -2.36. The van der Waals surface area contributed by atoms with Crippen LogP contribution in [0.3, 0.4) is 0 Å². The van der Waals surface area contributed by atoms with E-state index in [0.29, 0.717) is 6.42 Å². The van der Waals surface area contributed by atoms with E-state index < -0.39 is 0 Å². The van der Waals surface area contributed by atoms with Crippen LogP contribution in [0.1, 0.15) is 30.0 Å². The maximum absolute atomic E-state index is 12.1. The lowest BCUT2D eigenvalue weighted by Gasteiger charge is -2.29. The van der Waals surface area contributed by atoms with Gasteiger partial charge >= 0.3 is 0 Å². The van der Waals surface area contributed by atoms with Crippen LogP contribution in [0.15, 0.2) is 54.6 Å². The molecule has 0 radical (unpaired) electrons. The van der Waals surface area contributed by atoms with Crippen molar-refractivity contribution < 1.29 is 9.53 Å². The average molecular weight is 416 g/mol. The molecule has 2 aromatic rings. The molecule has 4 rings (SSSR count). The molecule has 0 bridgehead atoms. The molecule has 5 nitrogen and oxygen atoms in total.